The van der Waals surface area contributed by atoms with Crippen LogP contribution in [0, 0.1) is 0 Å². The summed E-state index contributed by atoms with van der Waals surface area (Å²) < 4.78 is 35.1. The first-order valence-corrected chi connectivity index (χ1v) is 3.28. The smallest absolute Gasteiger partial charge is 0.306 e. The maximum Gasteiger partial charge on any atom is 0.403 e. The Morgan fingerprint density at radius 3 is 2.20 bits per heavy atom. The lowest BCUT2D eigenvalue weighted by atomic mass is 10.3. The van der Waals surface area contributed by atoms with Crippen molar-refractivity contribution in [2.24, 2.45) is 0 Å². The van der Waals surface area contributed by atoms with Gasteiger partial charge in [-0.3, -0.25) is 0 Å². The van der Waals surface area contributed by atoms with Gasteiger partial charge in [0.1, 0.15) is 6.04 Å². The minimum Gasteiger partial charge on any atom is -0.306 e. The van der Waals surface area contributed by atoms with E-state index in [1.165, 1.54) is 0 Å². The molecule has 0 aromatic rings. The van der Waals surface area contributed by atoms with E-state index in [0.717, 1.165) is 13.3 Å². The Balaban J connectivity index is 3.52. The van der Waals surface area contributed by atoms with Gasteiger partial charge in [0.2, 0.25) is 0 Å². The largest absolute Gasteiger partial charge is 0.403 e. The topological polar surface area (TPSA) is 12.0 Å². The molecular weight excluding hydrogens is 143 g/mol. The molecule has 1 N–H and O–H groups in total. The second kappa shape index (κ2) is 3.81. The number of alkyl halides is 3. The normalized spacial score (nSPS) is 15.3. The number of rotatable bonds is 3. The van der Waals surface area contributed by atoms with Crippen molar-refractivity contribution in [3.63, 3.8) is 0 Å². The second-order valence-electron chi connectivity index (χ2n) is 2.22. The molecule has 0 rings (SSSR count). The Kier molecular flexibility index (Phi) is 3.71. The molecule has 0 fully saturated rings. The quantitative estimate of drug-likeness (QED) is 0.656. The van der Waals surface area contributed by atoms with Crippen LogP contribution in [0.25, 0.3) is 0 Å². The molecule has 0 aliphatic rings. The van der Waals surface area contributed by atoms with Gasteiger partial charge in [0.05, 0.1) is 0 Å². The Bertz CT molecular complexity index is 89.5. The summed E-state index contributed by atoms with van der Waals surface area (Å²) in [7, 11) is 0. The number of hydrogen-bond acceptors (Lipinski definition) is 1. The molecule has 0 unspecified atom stereocenters. The van der Waals surface area contributed by atoms with Gasteiger partial charge in [0.15, 0.2) is 0 Å². The lowest BCUT2D eigenvalue weighted by Crippen LogP contribution is -2.39. The van der Waals surface area contributed by atoms with Gasteiger partial charge >= 0.3 is 6.18 Å². The summed E-state index contributed by atoms with van der Waals surface area (Å²) in [4.78, 5) is 0. The predicted molar refractivity (Wildman–Crippen MR) is 33.8 cm³/mol. The first-order chi connectivity index (χ1) is 4.48. The van der Waals surface area contributed by atoms with Crippen molar-refractivity contribution in [3.05, 3.63) is 0 Å². The summed E-state index contributed by atoms with van der Waals surface area (Å²) in [6.45, 7) is 3.37. The molecule has 0 saturated carbocycles. The summed E-state index contributed by atoms with van der Waals surface area (Å²) >= 11 is 0. The molecule has 0 aliphatic carbocycles. The molecule has 1 nitrogen and oxygen atoms in total. The third kappa shape index (κ3) is 3.71. The molecule has 1 atom stereocenters. The second-order valence-corrected chi connectivity index (χ2v) is 2.22. The molecule has 0 aromatic heterocycles. The van der Waals surface area contributed by atoms with Gasteiger partial charge in [0.25, 0.3) is 0 Å². The van der Waals surface area contributed by atoms with Crippen LogP contribution in [-0.2, 0) is 0 Å². The Morgan fingerprint density at radius 1 is 1.40 bits per heavy atom. The SMILES string of the molecule is CCCN[C@@H](C)C(F)(F)F. The molecule has 0 bridgehead atoms. The van der Waals surface area contributed by atoms with Crippen LogP contribution in [0.1, 0.15) is 20.3 Å². The Hall–Kier alpha value is -0.250. The van der Waals surface area contributed by atoms with Crippen molar-refractivity contribution in [1.82, 2.24) is 5.32 Å². The minimum absolute atomic E-state index is 0.417. The molecule has 0 spiro atoms. The number of halogens is 3. The lowest BCUT2D eigenvalue weighted by molar-refractivity contribution is -0.151. The van der Waals surface area contributed by atoms with Gasteiger partial charge in [0, 0.05) is 0 Å². The van der Waals surface area contributed by atoms with Gasteiger partial charge in [-0.25, -0.2) is 0 Å². The fourth-order valence-corrected chi connectivity index (χ4v) is 0.477. The number of hydrogen-bond donors (Lipinski definition) is 1. The molecule has 10 heavy (non-hydrogen) atoms. The van der Waals surface area contributed by atoms with E-state index in [1.54, 1.807) is 0 Å². The van der Waals surface area contributed by atoms with Crippen molar-refractivity contribution in [3.8, 4) is 0 Å². The predicted octanol–water partition coefficient (Wildman–Crippen LogP) is 1.94. The highest BCUT2D eigenvalue weighted by Gasteiger charge is 2.34. The lowest BCUT2D eigenvalue weighted by Gasteiger charge is -2.16. The van der Waals surface area contributed by atoms with Crippen LogP contribution in [-0.4, -0.2) is 18.8 Å². The zero-order valence-corrected chi connectivity index (χ0v) is 6.13. The van der Waals surface area contributed by atoms with Crippen LogP contribution in [0.2, 0.25) is 0 Å². The summed E-state index contributed by atoms with van der Waals surface area (Å²) in [5.74, 6) is 0. The van der Waals surface area contributed by atoms with Gasteiger partial charge in [-0.1, -0.05) is 6.92 Å². The summed E-state index contributed by atoms with van der Waals surface area (Å²) in [5, 5.41) is 2.35. The molecule has 0 saturated heterocycles. The molecule has 62 valence electrons. The Labute approximate surface area is 58.6 Å². The molecule has 0 aliphatic heterocycles. The minimum atomic E-state index is -4.10. The highest BCUT2D eigenvalue weighted by Crippen LogP contribution is 2.19. The first-order valence-electron chi connectivity index (χ1n) is 3.28. The van der Waals surface area contributed by atoms with E-state index in [-0.39, 0.29) is 0 Å². The zero-order valence-electron chi connectivity index (χ0n) is 6.13. The van der Waals surface area contributed by atoms with E-state index < -0.39 is 12.2 Å². The van der Waals surface area contributed by atoms with E-state index >= 15 is 0 Å². The maximum absolute atomic E-state index is 11.7. The van der Waals surface area contributed by atoms with Crippen molar-refractivity contribution in [2.45, 2.75) is 32.5 Å². The van der Waals surface area contributed by atoms with Crippen LogP contribution >= 0.6 is 0 Å². The van der Waals surface area contributed by atoms with Crippen LogP contribution < -0.4 is 5.32 Å². The van der Waals surface area contributed by atoms with E-state index in [4.69, 9.17) is 0 Å². The fraction of sp³-hybridized carbons (Fsp3) is 1.00. The third-order valence-corrected chi connectivity index (χ3v) is 1.19. The summed E-state index contributed by atoms with van der Waals surface area (Å²) in [6.07, 6.45) is -3.38. The fourth-order valence-electron chi connectivity index (χ4n) is 0.477. The van der Waals surface area contributed by atoms with Crippen molar-refractivity contribution in [2.75, 3.05) is 6.54 Å². The molecule has 0 aromatic carbocycles. The van der Waals surface area contributed by atoms with Crippen LogP contribution in [0.15, 0.2) is 0 Å². The van der Waals surface area contributed by atoms with E-state index in [9.17, 15) is 13.2 Å². The van der Waals surface area contributed by atoms with Crippen LogP contribution in [0.3, 0.4) is 0 Å². The number of nitrogens with one attached hydrogen (secondary N) is 1. The van der Waals surface area contributed by atoms with Crippen molar-refractivity contribution in [1.29, 1.82) is 0 Å². The zero-order chi connectivity index (χ0) is 8.20. The van der Waals surface area contributed by atoms with Gasteiger partial charge < -0.3 is 5.32 Å². The van der Waals surface area contributed by atoms with Gasteiger partial charge in [-0.05, 0) is 19.9 Å². The van der Waals surface area contributed by atoms with E-state index in [1.807, 2.05) is 6.92 Å². The third-order valence-electron chi connectivity index (χ3n) is 1.19. The first kappa shape index (κ1) is 9.75. The average Bonchev–Trinajstić information content (AvgIpc) is 1.80. The van der Waals surface area contributed by atoms with Crippen LogP contribution in [0.4, 0.5) is 13.2 Å². The highest BCUT2D eigenvalue weighted by atomic mass is 19.4. The highest BCUT2D eigenvalue weighted by molar-refractivity contribution is 4.68. The summed E-state index contributed by atoms with van der Waals surface area (Å²) in [6, 6.07) is -1.38. The van der Waals surface area contributed by atoms with Crippen LogP contribution in [0.5, 0.6) is 0 Å². The molecule has 0 amide bonds. The molecule has 4 heteroatoms. The molecular formula is C6H12F3N. The van der Waals surface area contributed by atoms with E-state index in [2.05, 4.69) is 5.32 Å². The monoisotopic (exact) mass is 155 g/mol. The molecule has 0 heterocycles. The summed E-state index contributed by atoms with van der Waals surface area (Å²) in [5.41, 5.74) is 0. The standard InChI is InChI=1S/C6H12F3N/c1-3-4-10-5(2)6(7,8)9/h5,10H,3-4H2,1-2H3/t5-/m0/s1. The van der Waals surface area contributed by atoms with Gasteiger partial charge in [-0.2, -0.15) is 13.2 Å². The molecule has 0 radical (unpaired) electrons. The Morgan fingerprint density at radius 2 is 1.90 bits per heavy atom. The van der Waals surface area contributed by atoms with E-state index in [0.29, 0.717) is 6.54 Å². The van der Waals surface area contributed by atoms with Crippen molar-refractivity contribution < 1.29 is 13.2 Å². The van der Waals surface area contributed by atoms with Crippen molar-refractivity contribution >= 4 is 0 Å². The maximum atomic E-state index is 11.7. The van der Waals surface area contributed by atoms with Gasteiger partial charge in [-0.15, -0.1) is 0 Å². The average molecular weight is 155 g/mol.